The predicted octanol–water partition coefficient (Wildman–Crippen LogP) is 5.04. The lowest BCUT2D eigenvalue weighted by Crippen LogP contribution is -2.31. The average Bonchev–Trinajstić information content (AvgIpc) is 3.15. The molecule has 5 rings (SSSR count). The van der Waals surface area contributed by atoms with Crippen molar-refractivity contribution < 1.29 is 9.18 Å². The van der Waals surface area contributed by atoms with Crippen LogP contribution in [0.3, 0.4) is 0 Å². The van der Waals surface area contributed by atoms with E-state index in [4.69, 9.17) is 5.10 Å². The molecule has 5 nitrogen and oxygen atoms in total. The van der Waals surface area contributed by atoms with Crippen LogP contribution in [0.1, 0.15) is 42.0 Å². The number of anilines is 1. The zero-order valence-corrected chi connectivity index (χ0v) is 17.4. The number of ketones is 1. The Morgan fingerprint density at radius 2 is 1.97 bits per heavy atom. The normalized spacial score (nSPS) is 18.1. The minimum absolute atomic E-state index is 0.119. The summed E-state index contributed by atoms with van der Waals surface area (Å²) in [5, 5.41) is 8.71. The Morgan fingerprint density at radius 3 is 2.77 bits per heavy atom. The molecule has 30 heavy (non-hydrogen) atoms. The summed E-state index contributed by atoms with van der Waals surface area (Å²) in [6, 6.07) is 14.2. The molecule has 152 valence electrons. The second kappa shape index (κ2) is 7.72. The molecule has 0 radical (unpaired) electrons. The highest BCUT2D eigenvalue weighted by Crippen LogP contribution is 2.40. The van der Waals surface area contributed by atoms with Gasteiger partial charge in [-0.2, -0.15) is 4.98 Å². The molecule has 2 aromatic carbocycles. The van der Waals surface area contributed by atoms with E-state index in [0.717, 1.165) is 35.4 Å². The van der Waals surface area contributed by atoms with Crippen molar-refractivity contribution in [2.24, 2.45) is 0 Å². The van der Waals surface area contributed by atoms with Crippen molar-refractivity contribution in [3.05, 3.63) is 82.3 Å². The second-order valence-corrected chi connectivity index (χ2v) is 8.57. The van der Waals surface area contributed by atoms with Gasteiger partial charge in [-0.05, 0) is 48.6 Å². The first kappa shape index (κ1) is 19.1. The number of aryl methyl sites for hydroxylation is 1. The molecule has 0 bridgehead atoms. The van der Waals surface area contributed by atoms with Crippen LogP contribution < -0.4 is 5.32 Å². The fraction of sp³-hybridized carbons (Fsp3) is 0.261. The minimum atomic E-state index is -0.384. The summed E-state index contributed by atoms with van der Waals surface area (Å²) < 4.78 is 15.3. The molecular weight excluding hydrogens is 399 g/mol. The van der Waals surface area contributed by atoms with E-state index in [1.165, 1.54) is 23.3 Å². The average molecular weight is 421 g/mol. The van der Waals surface area contributed by atoms with E-state index in [-0.39, 0.29) is 17.6 Å². The molecular formula is C23H21FN4OS. The lowest BCUT2D eigenvalue weighted by atomic mass is 9.85. The van der Waals surface area contributed by atoms with Crippen molar-refractivity contribution in [2.45, 2.75) is 43.1 Å². The van der Waals surface area contributed by atoms with Crippen molar-refractivity contribution in [1.82, 2.24) is 14.8 Å². The fourth-order valence-electron chi connectivity index (χ4n) is 4.07. The maximum absolute atomic E-state index is 13.5. The smallest absolute Gasteiger partial charge is 0.227 e. The number of nitrogens with one attached hydrogen (secondary N) is 1. The maximum Gasteiger partial charge on any atom is 0.227 e. The third-order valence-electron chi connectivity index (χ3n) is 5.65. The Labute approximate surface area is 178 Å². The van der Waals surface area contributed by atoms with Gasteiger partial charge in [0.15, 0.2) is 5.78 Å². The van der Waals surface area contributed by atoms with E-state index < -0.39 is 0 Å². The van der Waals surface area contributed by atoms with Crippen molar-refractivity contribution >= 4 is 23.5 Å². The van der Waals surface area contributed by atoms with Gasteiger partial charge < -0.3 is 5.32 Å². The summed E-state index contributed by atoms with van der Waals surface area (Å²) in [5.41, 5.74) is 4.95. The quantitative estimate of drug-likeness (QED) is 0.599. The van der Waals surface area contributed by atoms with Gasteiger partial charge in [0.05, 0.1) is 0 Å². The zero-order valence-electron chi connectivity index (χ0n) is 16.6. The molecule has 0 spiro atoms. The van der Waals surface area contributed by atoms with Gasteiger partial charge in [-0.3, -0.25) is 4.79 Å². The maximum atomic E-state index is 13.5. The van der Waals surface area contributed by atoms with Gasteiger partial charge in [0, 0.05) is 23.4 Å². The van der Waals surface area contributed by atoms with Gasteiger partial charge in [-0.1, -0.05) is 48.2 Å². The van der Waals surface area contributed by atoms with Crippen molar-refractivity contribution in [2.75, 3.05) is 5.32 Å². The van der Waals surface area contributed by atoms with Crippen LogP contribution in [0.25, 0.3) is 0 Å². The second-order valence-electron chi connectivity index (χ2n) is 7.63. The molecule has 1 atom stereocenters. The number of benzene rings is 2. The number of allylic oxidation sites excluding steroid dienone is 2. The molecule has 1 N–H and O–H groups in total. The zero-order chi connectivity index (χ0) is 20.7. The number of aromatic nitrogens is 3. The van der Waals surface area contributed by atoms with Crippen LogP contribution in [0.2, 0.25) is 0 Å². The van der Waals surface area contributed by atoms with E-state index in [0.29, 0.717) is 17.5 Å². The van der Waals surface area contributed by atoms with E-state index in [9.17, 15) is 9.18 Å². The largest absolute Gasteiger partial charge is 0.328 e. The summed E-state index contributed by atoms with van der Waals surface area (Å²) in [6.07, 6.45) is 2.15. The van der Waals surface area contributed by atoms with Crippen LogP contribution in [0, 0.1) is 12.7 Å². The van der Waals surface area contributed by atoms with E-state index in [2.05, 4.69) is 29.4 Å². The van der Waals surface area contributed by atoms with E-state index >= 15 is 0 Å². The summed E-state index contributed by atoms with van der Waals surface area (Å²) in [4.78, 5) is 17.5. The molecule has 2 aliphatic rings. The fourth-order valence-corrected chi connectivity index (χ4v) is 4.97. The number of rotatable bonds is 4. The summed E-state index contributed by atoms with van der Waals surface area (Å²) in [5.74, 6) is 1.22. The van der Waals surface area contributed by atoms with Crippen molar-refractivity contribution in [1.29, 1.82) is 0 Å². The van der Waals surface area contributed by atoms with Gasteiger partial charge >= 0.3 is 0 Å². The highest BCUT2D eigenvalue weighted by Gasteiger charge is 2.36. The first-order chi connectivity index (χ1) is 14.6. The lowest BCUT2D eigenvalue weighted by Gasteiger charge is -2.32. The molecule has 0 saturated carbocycles. The number of Topliss-reactive ketones (excluding diaryl/α,β-unsaturated/α-hetero) is 1. The topological polar surface area (TPSA) is 59.8 Å². The highest BCUT2D eigenvalue weighted by atomic mass is 32.2. The van der Waals surface area contributed by atoms with Crippen LogP contribution in [0.5, 0.6) is 0 Å². The summed E-state index contributed by atoms with van der Waals surface area (Å²) in [7, 11) is 0. The lowest BCUT2D eigenvalue weighted by molar-refractivity contribution is -0.116. The van der Waals surface area contributed by atoms with Gasteiger partial charge in [0.25, 0.3) is 0 Å². The van der Waals surface area contributed by atoms with Gasteiger partial charge in [0.2, 0.25) is 11.1 Å². The van der Waals surface area contributed by atoms with Crippen molar-refractivity contribution in [3.63, 3.8) is 0 Å². The first-order valence-corrected chi connectivity index (χ1v) is 11.0. The third-order valence-corrected chi connectivity index (χ3v) is 6.54. The number of hydrogen-bond acceptors (Lipinski definition) is 5. The molecule has 7 heteroatoms. The number of carbonyl (C=O) groups excluding carboxylic acids is 1. The van der Waals surface area contributed by atoms with Gasteiger partial charge in [-0.25, -0.2) is 9.07 Å². The molecule has 1 aliphatic heterocycles. The van der Waals surface area contributed by atoms with Crippen molar-refractivity contribution in [3.8, 4) is 0 Å². The number of carbonyl (C=O) groups is 1. The standard InChI is InChI=1S/C23H21FN4OS/c1-14-5-2-3-6-16(14)13-30-23-26-22-25-18-7-4-8-19(29)20(18)21(28(22)27-23)15-9-11-17(24)12-10-15/h2-3,5-6,9-12,21H,4,7-8,13H2,1H3,(H,25,26,27)/t21-/m0/s1. The van der Waals surface area contributed by atoms with Crippen LogP contribution >= 0.6 is 11.8 Å². The Morgan fingerprint density at radius 1 is 1.17 bits per heavy atom. The monoisotopic (exact) mass is 420 g/mol. The predicted molar refractivity (Wildman–Crippen MR) is 115 cm³/mol. The highest BCUT2D eigenvalue weighted by molar-refractivity contribution is 7.98. The Bertz CT molecular complexity index is 1150. The van der Waals surface area contributed by atoms with Crippen LogP contribution in [0.4, 0.5) is 10.3 Å². The third kappa shape index (κ3) is 3.43. The molecule has 1 aliphatic carbocycles. The van der Waals surface area contributed by atoms with Crippen LogP contribution in [-0.4, -0.2) is 20.5 Å². The van der Waals surface area contributed by atoms with E-state index in [1.54, 1.807) is 28.6 Å². The number of nitrogens with zero attached hydrogens (tertiary/aromatic N) is 3. The van der Waals surface area contributed by atoms with Gasteiger partial charge in [-0.15, -0.1) is 5.10 Å². The molecule has 0 amide bonds. The summed E-state index contributed by atoms with van der Waals surface area (Å²) >= 11 is 1.57. The number of thioether (sulfide) groups is 1. The Kier molecular flexibility index (Phi) is 4.90. The van der Waals surface area contributed by atoms with E-state index in [1.807, 2.05) is 12.1 Å². The number of hydrogen-bond donors (Lipinski definition) is 1. The molecule has 2 heterocycles. The minimum Gasteiger partial charge on any atom is -0.328 e. The molecule has 1 aromatic heterocycles. The first-order valence-electron chi connectivity index (χ1n) is 10.0. The molecule has 3 aromatic rings. The Hall–Kier alpha value is -2.93. The van der Waals surface area contributed by atoms with Crippen LogP contribution in [0.15, 0.2) is 65.0 Å². The SMILES string of the molecule is Cc1ccccc1CSc1nc2n(n1)[C@@H](c1ccc(F)cc1)C1=C(CCCC1=O)N2. The number of halogens is 1. The van der Waals surface area contributed by atoms with Crippen LogP contribution in [-0.2, 0) is 10.5 Å². The van der Waals surface area contributed by atoms with Gasteiger partial charge in [0.1, 0.15) is 11.9 Å². The Balaban J connectivity index is 1.51. The number of fused-ring (bicyclic) bond motifs is 1. The summed E-state index contributed by atoms with van der Waals surface area (Å²) in [6.45, 7) is 2.09. The molecule has 0 saturated heterocycles. The molecule has 0 unspecified atom stereocenters. The molecule has 0 fully saturated rings.